The molecule has 2 amide bonds. The van der Waals surface area contributed by atoms with E-state index in [-0.39, 0.29) is 49.7 Å². The highest BCUT2D eigenvalue weighted by Crippen LogP contribution is 2.21. The van der Waals surface area contributed by atoms with Crippen LogP contribution >= 0.6 is 11.8 Å². The lowest BCUT2D eigenvalue weighted by atomic mass is 10.0. The van der Waals surface area contributed by atoms with E-state index in [1.165, 1.54) is 7.11 Å². The van der Waals surface area contributed by atoms with E-state index in [4.69, 9.17) is 14.2 Å². The summed E-state index contributed by atoms with van der Waals surface area (Å²) in [7, 11) is 1.54. The third-order valence-corrected chi connectivity index (χ3v) is 6.99. The molecule has 1 fully saturated rings. The molecule has 0 spiro atoms. The van der Waals surface area contributed by atoms with Crippen LogP contribution in [0.1, 0.15) is 46.0 Å². The first-order chi connectivity index (χ1) is 17.3. The van der Waals surface area contributed by atoms with Crippen molar-refractivity contribution in [1.29, 1.82) is 0 Å². The molecule has 0 aliphatic carbocycles. The summed E-state index contributed by atoms with van der Waals surface area (Å²) in [5, 5.41) is 2.77. The van der Waals surface area contributed by atoms with Crippen molar-refractivity contribution < 1.29 is 33.4 Å². The van der Waals surface area contributed by atoms with Crippen molar-refractivity contribution in [1.82, 2.24) is 10.2 Å². The van der Waals surface area contributed by atoms with E-state index >= 15 is 0 Å². The molecule has 0 aromatic heterocycles. The number of hydrogen-bond acceptors (Lipinski definition) is 8. The van der Waals surface area contributed by atoms with Crippen LogP contribution < -0.4 is 5.32 Å². The first-order valence-electron chi connectivity index (χ1n) is 12.5. The molecule has 36 heavy (non-hydrogen) atoms. The number of nitrogens with one attached hydrogen (secondary N) is 1. The Balaban J connectivity index is 2.17. The molecule has 202 valence electrons. The fourth-order valence-corrected chi connectivity index (χ4v) is 4.62. The highest BCUT2D eigenvalue weighted by Gasteiger charge is 2.35. The number of esters is 2. The predicted octanol–water partition coefficient (Wildman–Crippen LogP) is 2.50. The number of rotatable bonds is 4. The molecule has 2 rings (SSSR count). The molecular formula is C26H40N2O7S. The maximum Gasteiger partial charge on any atom is 0.328 e. The van der Waals surface area contributed by atoms with Crippen molar-refractivity contribution >= 4 is 35.5 Å². The molecule has 9 nitrogen and oxygen atoms in total. The molecule has 2 heterocycles. The Morgan fingerprint density at radius 3 is 2.50 bits per heavy atom. The highest BCUT2D eigenvalue weighted by atomic mass is 32.2. The number of carbonyl (C=O) groups excluding carboxylic acids is 4. The fourth-order valence-electron chi connectivity index (χ4n) is 4.14. The van der Waals surface area contributed by atoms with Crippen molar-refractivity contribution in [2.45, 2.75) is 64.1 Å². The minimum Gasteiger partial charge on any atom is -0.464 e. The second-order valence-electron chi connectivity index (χ2n) is 9.28. The van der Waals surface area contributed by atoms with E-state index in [1.807, 2.05) is 26.2 Å². The smallest absolute Gasteiger partial charge is 0.328 e. The van der Waals surface area contributed by atoms with E-state index in [2.05, 4.69) is 5.32 Å². The summed E-state index contributed by atoms with van der Waals surface area (Å²) in [4.78, 5) is 52.3. The van der Waals surface area contributed by atoms with Gasteiger partial charge in [-0.3, -0.25) is 9.59 Å². The summed E-state index contributed by atoms with van der Waals surface area (Å²) in [5.74, 6) is -0.849. The molecule has 0 bridgehead atoms. The van der Waals surface area contributed by atoms with Gasteiger partial charge in [0.25, 0.3) is 0 Å². The first-order valence-corrected chi connectivity index (χ1v) is 13.9. The van der Waals surface area contributed by atoms with Gasteiger partial charge in [-0.05, 0) is 31.3 Å². The van der Waals surface area contributed by atoms with Gasteiger partial charge in [-0.1, -0.05) is 38.2 Å². The lowest BCUT2D eigenvalue weighted by molar-refractivity contribution is -0.153. The van der Waals surface area contributed by atoms with E-state index in [9.17, 15) is 19.2 Å². The first kappa shape index (κ1) is 29.9. The Morgan fingerprint density at radius 1 is 1.06 bits per heavy atom. The zero-order chi connectivity index (χ0) is 26.5. The van der Waals surface area contributed by atoms with Crippen LogP contribution in [-0.2, 0) is 33.4 Å². The van der Waals surface area contributed by atoms with Crippen LogP contribution in [0.4, 0.5) is 0 Å². The van der Waals surface area contributed by atoms with Gasteiger partial charge in [-0.15, -0.1) is 0 Å². The number of fused-ring (bicyclic) bond motifs is 1. The van der Waals surface area contributed by atoms with E-state index < -0.39 is 30.1 Å². The summed E-state index contributed by atoms with van der Waals surface area (Å²) in [5.41, 5.74) is 0. The highest BCUT2D eigenvalue weighted by molar-refractivity contribution is 7.98. The third kappa shape index (κ3) is 9.61. The summed E-state index contributed by atoms with van der Waals surface area (Å²) in [6.07, 6.45) is 10.7. The number of cyclic esters (lactones) is 2. The molecule has 1 saturated heterocycles. The zero-order valence-electron chi connectivity index (χ0n) is 21.8. The van der Waals surface area contributed by atoms with Gasteiger partial charge in [0.1, 0.15) is 18.7 Å². The van der Waals surface area contributed by atoms with Gasteiger partial charge in [0.2, 0.25) is 11.8 Å². The van der Waals surface area contributed by atoms with Crippen molar-refractivity contribution in [3.05, 3.63) is 24.3 Å². The maximum absolute atomic E-state index is 12.8. The van der Waals surface area contributed by atoms with Crippen molar-refractivity contribution in [3.63, 3.8) is 0 Å². The fraction of sp³-hybridized carbons (Fsp3) is 0.692. The van der Waals surface area contributed by atoms with Crippen LogP contribution in [0.15, 0.2) is 24.3 Å². The SMILES string of the molecule is CO[C@@H]1COC(=O)[C@H](CCSC)NC(=O)CC=C[C@@H](C)COC(=O)[C@@H]2CCCN2C(=O)CC=C[C@H]1C. The number of nitrogens with zero attached hydrogens (tertiary/aromatic N) is 1. The quantitative estimate of drug-likeness (QED) is 0.441. The molecule has 5 atom stereocenters. The Labute approximate surface area is 218 Å². The van der Waals surface area contributed by atoms with Crippen LogP contribution in [0.2, 0.25) is 0 Å². The Bertz CT molecular complexity index is 816. The topological polar surface area (TPSA) is 111 Å². The number of carbonyl (C=O) groups is 4. The normalized spacial score (nSPS) is 29.7. The maximum atomic E-state index is 12.8. The molecular weight excluding hydrogens is 484 g/mol. The van der Waals surface area contributed by atoms with Crippen LogP contribution in [0.3, 0.4) is 0 Å². The molecule has 0 saturated carbocycles. The van der Waals surface area contributed by atoms with Crippen LogP contribution in [0.5, 0.6) is 0 Å². The minimum atomic E-state index is -0.750. The van der Waals surface area contributed by atoms with Crippen molar-refractivity contribution in [2.24, 2.45) is 11.8 Å². The standard InChI is InChI=1S/C26H40N2O7S/c1-18-8-5-11-23(29)27-20(13-15-36-4)25(31)35-17-22(33-3)19(2)9-6-12-24(30)28-14-7-10-21(28)26(32)34-16-18/h5-6,8-9,18-22H,7,10-17H2,1-4H3,(H,27,29)/t18-,19-,20+,21+,22-/m1/s1. The zero-order valence-corrected chi connectivity index (χ0v) is 22.6. The Morgan fingerprint density at radius 2 is 1.78 bits per heavy atom. The van der Waals surface area contributed by atoms with Gasteiger partial charge in [0.15, 0.2) is 0 Å². The number of hydrogen-bond donors (Lipinski definition) is 1. The molecule has 10 heteroatoms. The van der Waals surface area contributed by atoms with Crippen molar-refractivity contribution in [2.75, 3.05) is 38.9 Å². The molecule has 0 unspecified atom stereocenters. The Hall–Kier alpha value is -2.33. The van der Waals surface area contributed by atoms with Gasteiger partial charge in [-0.25, -0.2) is 9.59 Å². The molecule has 0 radical (unpaired) electrons. The molecule has 0 aromatic carbocycles. The Kier molecular flexibility index (Phi) is 13.0. The molecule has 0 aromatic rings. The lowest BCUT2D eigenvalue weighted by Crippen LogP contribution is -2.43. The van der Waals surface area contributed by atoms with E-state index in [0.717, 1.165) is 6.42 Å². The number of methoxy groups -OCH3 is 1. The summed E-state index contributed by atoms with van der Waals surface area (Å²) in [6, 6.07) is -1.32. The predicted molar refractivity (Wildman–Crippen MR) is 138 cm³/mol. The molecule has 2 aliphatic heterocycles. The van der Waals surface area contributed by atoms with Gasteiger partial charge in [-0.2, -0.15) is 11.8 Å². The number of ether oxygens (including phenoxy) is 3. The van der Waals surface area contributed by atoms with Gasteiger partial charge >= 0.3 is 11.9 Å². The largest absolute Gasteiger partial charge is 0.464 e. The molecule has 2 aliphatic rings. The summed E-state index contributed by atoms with van der Waals surface area (Å²) >= 11 is 1.58. The van der Waals surface area contributed by atoms with E-state index in [1.54, 1.807) is 34.9 Å². The lowest BCUT2D eigenvalue weighted by Gasteiger charge is -2.24. The average Bonchev–Trinajstić information content (AvgIpc) is 3.35. The number of amides is 2. The number of thioether (sulfide) groups is 1. The minimum absolute atomic E-state index is 0.0257. The summed E-state index contributed by atoms with van der Waals surface area (Å²) in [6.45, 7) is 4.51. The molecule has 1 N–H and O–H groups in total. The van der Waals surface area contributed by atoms with Gasteiger partial charge in [0.05, 0.1) is 12.7 Å². The van der Waals surface area contributed by atoms with Crippen LogP contribution in [0, 0.1) is 11.8 Å². The average molecular weight is 525 g/mol. The van der Waals surface area contributed by atoms with Crippen molar-refractivity contribution in [3.8, 4) is 0 Å². The monoisotopic (exact) mass is 524 g/mol. The third-order valence-electron chi connectivity index (χ3n) is 6.34. The second-order valence-corrected chi connectivity index (χ2v) is 10.3. The van der Waals surface area contributed by atoms with Crippen LogP contribution in [0.25, 0.3) is 0 Å². The van der Waals surface area contributed by atoms with Gasteiger partial charge in [0, 0.05) is 38.3 Å². The second kappa shape index (κ2) is 15.7. The summed E-state index contributed by atoms with van der Waals surface area (Å²) < 4.78 is 16.5. The van der Waals surface area contributed by atoms with Crippen LogP contribution in [-0.4, -0.2) is 85.7 Å². The van der Waals surface area contributed by atoms with E-state index in [0.29, 0.717) is 25.1 Å². The van der Waals surface area contributed by atoms with Gasteiger partial charge < -0.3 is 24.4 Å².